The molecule has 0 bridgehead atoms. The number of thiol groups is 1. The largest absolute Gasteiger partial charge is 0.480 e. The zero-order chi connectivity index (χ0) is 12.2. The Balaban J connectivity index is 4.49. The third-order valence-corrected chi connectivity index (χ3v) is 1.95. The predicted molar refractivity (Wildman–Crippen MR) is 59.3 cm³/mol. The molecule has 0 aromatic heterocycles. The van der Waals surface area contributed by atoms with Gasteiger partial charge in [-0.25, -0.2) is 9.59 Å². The number of hydrogen-bond acceptors (Lipinski definition) is 4. The van der Waals surface area contributed by atoms with Gasteiger partial charge in [0.2, 0.25) is 0 Å². The number of carbonyl (C=O) groups is 2. The van der Waals surface area contributed by atoms with E-state index >= 15 is 0 Å². The number of likely N-dealkylation sites (N-methyl/N-ethyl adjacent to an activating group) is 1. The highest BCUT2D eigenvalue weighted by Gasteiger charge is 2.28. The lowest BCUT2D eigenvalue weighted by Crippen LogP contribution is -2.45. The molecule has 1 amide bonds. The Morgan fingerprint density at radius 2 is 1.93 bits per heavy atom. The van der Waals surface area contributed by atoms with Crippen molar-refractivity contribution in [3.8, 4) is 0 Å². The summed E-state index contributed by atoms with van der Waals surface area (Å²) in [5.41, 5.74) is -0.634. The van der Waals surface area contributed by atoms with E-state index in [1.54, 1.807) is 20.8 Å². The highest BCUT2D eigenvalue weighted by molar-refractivity contribution is 7.80. The van der Waals surface area contributed by atoms with Crippen molar-refractivity contribution >= 4 is 24.7 Å². The van der Waals surface area contributed by atoms with Crippen LogP contribution < -0.4 is 0 Å². The van der Waals surface area contributed by atoms with E-state index < -0.39 is 23.7 Å². The molecule has 15 heavy (non-hydrogen) atoms. The summed E-state index contributed by atoms with van der Waals surface area (Å²) in [7, 11) is 1.38. The van der Waals surface area contributed by atoms with E-state index in [0.29, 0.717) is 0 Å². The molecular weight excluding hydrogens is 218 g/mol. The van der Waals surface area contributed by atoms with Crippen LogP contribution in [0.5, 0.6) is 0 Å². The van der Waals surface area contributed by atoms with Crippen LogP contribution in [0.2, 0.25) is 0 Å². The summed E-state index contributed by atoms with van der Waals surface area (Å²) < 4.78 is 5.02. The number of carboxylic acid groups (broad SMARTS) is 1. The van der Waals surface area contributed by atoms with Crippen molar-refractivity contribution < 1.29 is 19.4 Å². The van der Waals surface area contributed by atoms with Crippen molar-refractivity contribution in [2.24, 2.45) is 0 Å². The van der Waals surface area contributed by atoms with Crippen LogP contribution in [0.1, 0.15) is 20.8 Å². The first kappa shape index (κ1) is 14.1. The van der Waals surface area contributed by atoms with Crippen LogP contribution in [0.25, 0.3) is 0 Å². The van der Waals surface area contributed by atoms with Gasteiger partial charge in [0.15, 0.2) is 0 Å². The van der Waals surface area contributed by atoms with Crippen LogP contribution in [-0.2, 0) is 9.53 Å². The van der Waals surface area contributed by atoms with E-state index in [4.69, 9.17) is 9.84 Å². The SMILES string of the molecule is CN(C(=O)OC(C)(C)C)[C@@H](CS)C(=O)O. The number of ether oxygens (including phenoxy) is 1. The van der Waals surface area contributed by atoms with Crippen LogP contribution >= 0.6 is 12.6 Å². The minimum Gasteiger partial charge on any atom is -0.480 e. The first-order valence-corrected chi connectivity index (χ1v) is 5.11. The summed E-state index contributed by atoms with van der Waals surface area (Å²) in [6.07, 6.45) is -0.663. The molecule has 0 aromatic rings. The Morgan fingerprint density at radius 3 is 2.20 bits per heavy atom. The molecule has 0 saturated heterocycles. The Morgan fingerprint density at radius 1 is 1.47 bits per heavy atom. The average molecular weight is 235 g/mol. The monoisotopic (exact) mass is 235 g/mol. The zero-order valence-electron chi connectivity index (χ0n) is 9.35. The molecule has 0 aliphatic carbocycles. The van der Waals surface area contributed by atoms with Gasteiger partial charge < -0.3 is 9.84 Å². The minimum absolute atomic E-state index is 0.0467. The van der Waals surface area contributed by atoms with Crippen molar-refractivity contribution in [1.29, 1.82) is 0 Å². The Bertz CT molecular complexity index is 249. The van der Waals surface area contributed by atoms with Crippen molar-refractivity contribution in [3.63, 3.8) is 0 Å². The lowest BCUT2D eigenvalue weighted by molar-refractivity contribution is -0.141. The van der Waals surface area contributed by atoms with Gasteiger partial charge in [-0.15, -0.1) is 0 Å². The first-order valence-electron chi connectivity index (χ1n) is 4.48. The molecule has 0 radical (unpaired) electrons. The topological polar surface area (TPSA) is 66.8 Å². The third kappa shape index (κ3) is 4.92. The summed E-state index contributed by atoms with van der Waals surface area (Å²) >= 11 is 3.87. The van der Waals surface area contributed by atoms with Crippen molar-refractivity contribution in [3.05, 3.63) is 0 Å². The van der Waals surface area contributed by atoms with E-state index in [1.165, 1.54) is 7.05 Å². The smallest absolute Gasteiger partial charge is 0.410 e. The molecule has 0 fully saturated rings. The molecule has 1 N–H and O–H groups in total. The Hall–Kier alpha value is -0.910. The van der Waals surface area contributed by atoms with E-state index in [-0.39, 0.29) is 5.75 Å². The highest BCUT2D eigenvalue weighted by atomic mass is 32.1. The molecule has 0 aliphatic rings. The maximum absolute atomic E-state index is 11.5. The number of carbonyl (C=O) groups excluding carboxylic acids is 1. The maximum atomic E-state index is 11.5. The van der Waals surface area contributed by atoms with Crippen LogP contribution in [0, 0.1) is 0 Å². The van der Waals surface area contributed by atoms with Crippen molar-refractivity contribution in [2.45, 2.75) is 32.4 Å². The van der Waals surface area contributed by atoms with Crippen LogP contribution in [-0.4, -0.2) is 46.5 Å². The van der Waals surface area contributed by atoms with E-state index in [1.807, 2.05) is 0 Å². The second-order valence-corrected chi connectivity index (χ2v) is 4.49. The summed E-state index contributed by atoms with van der Waals surface area (Å²) in [5, 5.41) is 8.79. The van der Waals surface area contributed by atoms with Gasteiger partial charge in [0.25, 0.3) is 0 Å². The number of rotatable bonds is 3. The summed E-state index contributed by atoms with van der Waals surface area (Å²) in [5.74, 6) is -1.05. The molecule has 5 nitrogen and oxygen atoms in total. The second kappa shape index (κ2) is 5.25. The van der Waals surface area contributed by atoms with Gasteiger partial charge in [-0.05, 0) is 20.8 Å². The molecule has 0 aliphatic heterocycles. The lowest BCUT2D eigenvalue weighted by atomic mass is 10.2. The summed E-state index contributed by atoms with van der Waals surface area (Å²) in [6.45, 7) is 5.15. The average Bonchev–Trinajstić information content (AvgIpc) is 2.01. The van der Waals surface area contributed by atoms with Crippen LogP contribution in [0.15, 0.2) is 0 Å². The quantitative estimate of drug-likeness (QED) is 0.722. The van der Waals surface area contributed by atoms with Crippen molar-refractivity contribution in [1.82, 2.24) is 4.90 Å². The lowest BCUT2D eigenvalue weighted by Gasteiger charge is -2.27. The fourth-order valence-corrected chi connectivity index (χ4v) is 1.23. The molecule has 0 spiro atoms. The molecule has 6 heteroatoms. The fourth-order valence-electron chi connectivity index (χ4n) is 0.827. The first-order chi connectivity index (χ1) is 6.69. The van der Waals surface area contributed by atoms with E-state index in [2.05, 4.69) is 12.6 Å². The third-order valence-electron chi connectivity index (χ3n) is 1.61. The maximum Gasteiger partial charge on any atom is 0.410 e. The number of carboxylic acids is 1. The molecule has 0 aromatic carbocycles. The van der Waals surface area contributed by atoms with Gasteiger partial charge in [0.1, 0.15) is 11.6 Å². The van der Waals surface area contributed by atoms with E-state index in [0.717, 1.165) is 4.90 Å². The standard InChI is InChI=1S/C9H17NO4S/c1-9(2,3)14-8(13)10(4)6(5-15)7(11)12/h6,15H,5H2,1-4H3,(H,11,12)/t6-/m0/s1. The normalized spacial score (nSPS) is 13.1. The second-order valence-electron chi connectivity index (χ2n) is 4.13. The number of aliphatic carboxylic acids is 1. The fraction of sp³-hybridized carbons (Fsp3) is 0.778. The molecule has 0 heterocycles. The van der Waals surface area contributed by atoms with E-state index in [9.17, 15) is 9.59 Å². The highest BCUT2D eigenvalue weighted by Crippen LogP contribution is 2.11. The van der Waals surface area contributed by atoms with Crippen LogP contribution in [0.3, 0.4) is 0 Å². The van der Waals surface area contributed by atoms with Gasteiger partial charge in [0, 0.05) is 12.8 Å². The summed E-state index contributed by atoms with van der Waals surface area (Å²) in [6, 6.07) is -0.969. The van der Waals surface area contributed by atoms with Gasteiger partial charge in [-0.2, -0.15) is 12.6 Å². The van der Waals surface area contributed by atoms with Crippen LogP contribution in [0.4, 0.5) is 4.79 Å². The molecule has 88 valence electrons. The molecule has 1 atom stereocenters. The number of nitrogens with zero attached hydrogens (tertiary/aromatic N) is 1. The van der Waals surface area contributed by atoms with Gasteiger partial charge in [-0.1, -0.05) is 0 Å². The number of amides is 1. The molecule has 0 unspecified atom stereocenters. The predicted octanol–water partition coefficient (Wildman–Crippen LogP) is 1.24. The molecule has 0 rings (SSSR count). The molecule has 0 saturated carbocycles. The molecular formula is C9H17NO4S. The summed E-state index contributed by atoms with van der Waals surface area (Å²) in [4.78, 5) is 23.2. The van der Waals surface area contributed by atoms with Gasteiger partial charge in [-0.3, -0.25) is 4.90 Å². The van der Waals surface area contributed by atoms with Crippen molar-refractivity contribution in [2.75, 3.05) is 12.8 Å². The number of hydrogen-bond donors (Lipinski definition) is 2. The minimum atomic E-state index is -1.10. The van der Waals surface area contributed by atoms with Gasteiger partial charge in [0.05, 0.1) is 0 Å². The van der Waals surface area contributed by atoms with Gasteiger partial charge >= 0.3 is 12.1 Å². The Labute approximate surface area is 94.8 Å². The zero-order valence-corrected chi connectivity index (χ0v) is 10.2. The Kier molecular flexibility index (Phi) is 4.93.